The Hall–Kier alpha value is -1.81. The lowest BCUT2D eigenvalue weighted by Gasteiger charge is -2.26. The molecule has 2 aromatic rings. The number of hydrogen-bond donors (Lipinski definition) is 1. The Morgan fingerprint density at radius 1 is 1.50 bits per heavy atom. The number of carbonyl (C=O) groups is 1. The number of H-pyrrole nitrogens is 1. The van der Waals surface area contributed by atoms with E-state index in [4.69, 9.17) is 0 Å². The molecular weight excluding hydrogens is 387 g/mol. The van der Waals surface area contributed by atoms with Crippen molar-refractivity contribution in [2.24, 2.45) is 0 Å². The molecule has 10 heteroatoms. The molecule has 0 saturated carbocycles. The second kappa shape index (κ2) is 7.43. The molecule has 3 rings (SSSR count). The van der Waals surface area contributed by atoms with Crippen molar-refractivity contribution in [1.82, 2.24) is 14.9 Å². The van der Waals surface area contributed by atoms with Crippen LogP contribution < -0.4 is 5.56 Å². The van der Waals surface area contributed by atoms with Gasteiger partial charge in [-0.1, -0.05) is 17.8 Å². The van der Waals surface area contributed by atoms with Crippen molar-refractivity contribution in [3.05, 3.63) is 44.5 Å². The zero-order valence-corrected chi connectivity index (χ0v) is 15.4. The van der Waals surface area contributed by atoms with E-state index >= 15 is 0 Å². The number of halogens is 3. The molecule has 140 valence electrons. The average Bonchev–Trinajstić information content (AvgIpc) is 3.23. The predicted molar refractivity (Wildman–Crippen MR) is 93.2 cm³/mol. The minimum absolute atomic E-state index is 0.000863. The van der Waals surface area contributed by atoms with Gasteiger partial charge in [-0.15, -0.1) is 11.3 Å². The second-order valence-corrected chi connectivity index (χ2v) is 8.21. The molecule has 0 aromatic carbocycles. The molecule has 1 N–H and O–H groups in total. The minimum atomic E-state index is -4.71. The third-order valence-corrected chi connectivity index (χ3v) is 6.00. The van der Waals surface area contributed by atoms with Crippen LogP contribution in [0.5, 0.6) is 0 Å². The first-order chi connectivity index (χ1) is 12.3. The first-order valence-electron chi connectivity index (χ1n) is 7.95. The topological polar surface area (TPSA) is 66.1 Å². The highest BCUT2D eigenvalue weighted by atomic mass is 32.2. The molecule has 1 amide bonds. The third-order valence-electron chi connectivity index (χ3n) is 4.05. The van der Waals surface area contributed by atoms with Crippen LogP contribution in [0.1, 0.15) is 36.4 Å². The van der Waals surface area contributed by atoms with Crippen LogP contribution >= 0.6 is 23.1 Å². The first kappa shape index (κ1) is 19.0. The molecule has 5 nitrogen and oxygen atoms in total. The number of hydrogen-bond acceptors (Lipinski definition) is 5. The Bertz CT molecular complexity index is 836. The normalized spacial score (nSPS) is 18.9. The summed E-state index contributed by atoms with van der Waals surface area (Å²) in [6.45, 7) is 2.22. The largest absolute Gasteiger partial charge is 0.433 e. The summed E-state index contributed by atoms with van der Waals surface area (Å²) in [7, 11) is 0. The van der Waals surface area contributed by atoms with Crippen molar-refractivity contribution in [2.75, 3.05) is 6.54 Å². The van der Waals surface area contributed by atoms with Crippen LogP contribution in [0, 0.1) is 0 Å². The zero-order chi connectivity index (χ0) is 18.9. The maximum Gasteiger partial charge on any atom is 0.433 e. The number of aromatic nitrogens is 2. The van der Waals surface area contributed by atoms with Crippen LogP contribution in [-0.4, -0.2) is 32.6 Å². The molecule has 26 heavy (non-hydrogen) atoms. The van der Waals surface area contributed by atoms with Gasteiger partial charge in [0.25, 0.3) is 5.56 Å². The fourth-order valence-corrected chi connectivity index (χ4v) is 4.65. The number of thioether (sulfide) groups is 1. The number of rotatable bonds is 4. The molecule has 0 bridgehead atoms. The number of amides is 1. The summed E-state index contributed by atoms with van der Waals surface area (Å²) >= 11 is 2.41. The number of thiophene rings is 1. The third kappa shape index (κ3) is 4.12. The van der Waals surface area contributed by atoms with Gasteiger partial charge in [0.1, 0.15) is 0 Å². The maximum atomic E-state index is 12.8. The highest BCUT2D eigenvalue weighted by Gasteiger charge is 2.35. The van der Waals surface area contributed by atoms with E-state index in [2.05, 4.69) is 9.97 Å². The van der Waals surface area contributed by atoms with Gasteiger partial charge in [-0.25, -0.2) is 4.98 Å². The second-order valence-electron chi connectivity index (χ2n) is 5.90. The monoisotopic (exact) mass is 403 g/mol. The van der Waals surface area contributed by atoms with Gasteiger partial charge in [-0.05, 0) is 31.2 Å². The molecule has 1 fully saturated rings. The number of likely N-dealkylation sites (tertiary alicyclic amines) is 1. The lowest BCUT2D eigenvalue weighted by atomic mass is 10.2. The number of carbonyl (C=O) groups excluding carboxylic acids is 1. The summed E-state index contributed by atoms with van der Waals surface area (Å²) in [6, 6.07) is 4.31. The molecule has 2 atom stereocenters. The molecule has 0 spiro atoms. The van der Waals surface area contributed by atoms with E-state index in [1.807, 2.05) is 17.5 Å². The smallest absolute Gasteiger partial charge is 0.334 e. The van der Waals surface area contributed by atoms with Gasteiger partial charge in [0.15, 0.2) is 10.9 Å². The average molecular weight is 403 g/mol. The van der Waals surface area contributed by atoms with E-state index < -0.39 is 22.7 Å². The fraction of sp³-hybridized carbons (Fsp3) is 0.438. The van der Waals surface area contributed by atoms with Gasteiger partial charge in [0.05, 0.1) is 11.3 Å². The van der Waals surface area contributed by atoms with Crippen LogP contribution in [0.4, 0.5) is 13.2 Å². The molecular formula is C16H16F3N3O2S2. The van der Waals surface area contributed by atoms with Gasteiger partial charge < -0.3 is 9.88 Å². The van der Waals surface area contributed by atoms with Crippen LogP contribution in [0.3, 0.4) is 0 Å². The Balaban J connectivity index is 1.75. The zero-order valence-electron chi connectivity index (χ0n) is 13.7. The summed E-state index contributed by atoms with van der Waals surface area (Å²) in [5, 5.41) is 1.07. The first-order valence-corrected chi connectivity index (χ1v) is 9.71. The van der Waals surface area contributed by atoms with E-state index in [0.29, 0.717) is 12.6 Å². The van der Waals surface area contributed by atoms with Crippen molar-refractivity contribution < 1.29 is 18.0 Å². The van der Waals surface area contributed by atoms with Gasteiger partial charge >= 0.3 is 6.18 Å². The number of alkyl halides is 3. The summed E-state index contributed by atoms with van der Waals surface area (Å²) in [5.41, 5.74) is -2.16. The van der Waals surface area contributed by atoms with Crippen molar-refractivity contribution in [2.45, 2.75) is 42.4 Å². The van der Waals surface area contributed by atoms with Crippen LogP contribution in [-0.2, 0) is 11.0 Å². The standard InChI is InChI=1S/C16H16F3N3O2S2/c1-9(26-15-20-12(16(17,18)19)8-13(23)21-15)14(24)22-6-2-4-10(22)11-5-3-7-25-11/h3,5,7-10H,2,4,6H2,1H3,(H,20,21,23). The van der Waals surface area contributed by atoms with Crippen molar-refractivity contribution in [3.8, 4) is 0 Å². The Morgan fingerprint density at radius 2 is 2.27 bits per heavy atom. The molecule has 0 radical (unpaired) electrons. The minimum Gasteiger partial charge on any atom is -0.334 e. The molecule has 2 aromatic heterocycles. The quantitative estimate of drug-likeness (QED) is 0.625. The lowest BCUT2D eigenvalue weighted by Crippen LogP contribution is -2.36. The fourth-order valence-electron chi connectivity index (χ4n) is 2.89. The molecule has 0 aliphatic carbocycles. The molecule has 1 aliphatic rings. The van der Waals surface area contributed by atoms with E-state index in [1.165, 1.54) is 0 Å². The van der Waals surface area contributed by atoms with Crippen LogP contribution in [0.2, 0.25) is 0 Å². The number of nitrogens with one attached hydrogen (secondary N) is 1. The summed E-state index contributed by atoms with van der Waals surface area (Å²) < 4.78 is 38.4. The van der Waals surface area contributed by atoms with Crippen LogP contribution in [0.25, 0.3) is 0 Å². The SMILES string of the molecule is CC(Sc1nc(C(F)(F)F)cc(=O)[nH]1)C(=O)N1CCCC1c1cccs1. The van der Waals surface area contributed by atoms with Crippen molar-refractivity contribution >= 4 is 29.0 Å². The van der Waals surface area contributed by atoms with Crippen molar-refractivity contribution in [3.63, 3.8) is 0 Å². The van der Waals surface area contributed by atoms with Gasteiger partial charge in [0, 0.05) is 17.5 Å². The van der Waals surface area contributed by atoms with Gasteiger partial charge in [0.2, 0.25) is 5.91 Å². The van der Waals surface area contributed by atoms with E-state index in [9.17, 15) is 22.8 Å². The summed E-state index contributed by atoms with van der Waals surface area (Å²) in [4.78, 5) is 32.8. The molecule has 2 unspecified atom stereocenters. The predicted octanol–water partition coefficient (Wildman–Crippen LogP) is 3.69. The summed E-state index contributed by atoms with van der Waals surface area (Å²) in [5.74, 6) is -0.175. The number of aromatic amines is 1. The highest BCUT2D eigenvalue weighted by molar-refractivity contribution is 8.00. The van der Waals surface area contributed by atoms with Gasteiger partial charge in [-0.3, -0.25) is 9.59 Å². The number of nitrogens with zero attached hydrogens (tertiary/aromatic N) is 2. The van der Waals surface area contributed by atoms with Crippen molar-refractivity contribution in [1.29, 1.82) is 0 Å². The van der Waals surface area contributed by atoms with E-state index in [0.717, 1.165) is 29.5 Å². The molecule has 1 aliphatic heterocycles. The Morgan fingerprint density at radius 3 is 2.92 bits per heavy atom. The summed E-state index contributed by atoms with van der Waals surface area (Å²) in [6.07, 6.45) is -2.97. The van der Waals surface area contributed by atoms with E-state index in [1.54, 1.807) is 23.2 Å². The van der Waals surface area contributed by atoms with Crippen LogP contribution in [0.15, 0.2) is 33.5 Å². The molecule has 3 heterocycles. The lowest BCUT2D eigenvalue weighted by molar-refractivity contribution is -0.141. The van der Waals surface area contributed by atoms with Gasteiger partial charge in [-0.2, -0.15) is 13.2 Å². The molecule has 1 saturated heterocycles. The maximum absolute atomic E-state index is 12.8. The highest BCUT2D eigenvalue weighted by Crippen LogP contribution is 2.36. The van der Waals surface area contributed by atoms with E-state index in [-0.39, 0.29) is 17.1 Å². The Labute approximate surface area is 155 Å². The Kier molecular flexibility index (Phi) is 5.42.